The number of hydrogen-bond acceptors (Lipinski definition) is 3. The van der Waals surface area contributed by atoms with E-state index in [1.54, 1.807) is 0 Å². The first-order valence-corrected chi connectivity index (χ1v) is 8.84. The van der Waals surface area contributed by atoms with Crippen LogP contribution in [0, 0.1) is 11.8 Å². The van der Waals surface area contributed by atoms with Crippen LogP contribution in [0.5, 0.6) is 0 Å². The van der Waals surface area contributed by atoms with Crippen LogP contribution in [0.25, 0.3) is 0 Å². The lowest BCUT2D eigenvalue weighted by Crippen LogP contribution is -2.44. The lowest BCUT2D eigenvalue weighted by atomic mass is 9.85. The highest BCUT2D eigenvalue weighted by Crippen LogP contribution is 2.23. The molecule has 2 fully saturated rings. The van der Waals surface area contributed by atoms with Gasteiger partial charge in [0.25, 0.3) is 0 Å². The number of nitrogens with one attached hydrogen (secondary N) is 1. The van der Waals surface area contributed by atoms with Crippen molar-refractivity contribution in [3.8, 4) is 0 Å². The summed E-state index contributed by atoms with van der Waals surface area (Å²) in [5, 5.41) is 3.56. The van der Waals surface area contributed by atoms with E-state index in [9.17, 15) is 0 Å². The van der Waals surface area contributed by atoms with Gasteiger partial charge in [0.1, 0.15) is 0 Å². The van der Waals surface area contributed by atoms with Crippen molar-refractivity contribution in [3.63, 3.8) is 0 Å². The van der Waals surface area contributed by atoms with Gasteiger partial charge in [-0.3, -0.25) is 0 Å². The van der Waals surface area contributed by atoms with Crippen molar-refractivity contribution in [2.24, 2.45) is 11.8 Å². The first-order chi connectivity index (χ1) is 9.70. The van der Waals surface area contributed by atoms with Crippen LogP contribution in [0.4, 0.5) is 0 Å². The fraction of sp³-hybridized carbons (Fsp3) is 1.00. The summed E-state index contributed by atoms with van der Waals surface area (Å²) < 4.78 is 0. The number of nitrogens with zero attached hydrogens (tertiary/aromatic N) is 2. The summed E-state index contributed by atoms with van der Waals surface area (Å²) >= 11 is 0. The Labute approximate surface area is 126 Å². The number of piperidine rings is 2. The summed E-state index contributed by atoms with van der Waals surface area (Å²) in [4.78, 5) is 5.22. The molecule has 2 aliphatic rings. The molecule has 2 heterocycles. The van der Waals surface area contributed by atoms with E-state index in [2.05, 4.69) is 36.0 Å². The minimum atomic E-state index is 0.828. The van der Waals surface area contributed by atoms with Gasteiger partial charge in [0, 0.05) is 6.04 Å². The van der Waals surface area contributed by atoms with Crippen LogP contribution in [0.1, 0.15) is 46.0 Å². The van der Waals surface area contributed by atoms with Crippen LogP contribution < -0.4 is 5.32 Å². The van der Waals surface area contributed by atoms with E-state index in [0.29, 0.717) is 0 Å². The first-order valence-electron chi connectivity index (χ1n) is 8.84. The molecule has 0 saturated carbocycles. The van der Waals surface area contributed by atoms with Crippen molar-refractivity contribution in [3.05, 3.63) is 0 Å². The molecular formula is C17H35N3. The zero-order valence-corrected chi connectivity index (χ0v) is 13.9. The monoisotopic (exact) mass is 281 g/mol. The van der Waals surface area contributed by atoms with Gasteiger partial charge in [0.2, 0.25) is 0 Å². The van der Waals surface area contributed by atoms with Crippen LogP contribution >= 0.6 is 0 Å². The molecule has 0 aliphatic carbocycles. The molecule has 0 radical (unpaired) electrons. The van der Waals surface area contributed by atoms with Gasteiger partial charge < -0.3 is 15.1 Å². The average Bonchev–Trinajstić information content (AvgIpc) is 2.53. The van der Waals surface area contributed by atoms with Gasteiger partial charge in [-0.05, 0) is 90.3 Å². The van der Waals surface area contributed by atoms with Crippen molar-refractivity contribution in [1.29, 1.82) is 0 Å². The van der Waals surface area contributed by atoms with Gasteiger partial charge in [-0.25, -0.2) is 0 Å². The number of rotatable bonds is 6. The van der Waals surface area contributed by atoms with Gasteiger partial charge in [-0.15, -0.1) is 0 Å². The highest BCUT2D eigenvalue weighted by molar-refractivity contribution is 4.79. The lowest BCUT2D eigenvalue weighted by Gasteiger charge is -2.37. The summed E-state index contributed by atoms with van der Waals surface area (Å²) in [5.74, 6) is 1.79. The fourth-order valence-corrected chi connectivity index (χ4v) is 3.87. The zero-order chi connectivity index (χ0) is 14.4. The van der Waals surface area contributed by atoms with Crippen LogP contribution in [-0.4, -0.2) is 62.2 Å². The normalized spacial score (nSPS) is 27.9. The second-order valence-electron chi connectivity index (χ2n) is 7.02. The quantitative estimate of drug-likeness (QED) is 0.807. The third-order valence-corrected chi connectivity index (χ3v) is 5.70. The highest BCUT2D eigenvalue weighted by Gasteiger charge is 2.23. The Kier molecular flexibility index (Phi) is 6.79. The molecule has 0 aromatic rings. The van der Waals surface area contributed by atoms with E-state index >= 15 is 0 Å². The molecule has 2 aliphatic heterocycles. The van der Waals surface area contributed by atoms with E-state index < -0.39 is 0 Å². The van der Waals surface area contributed by atoms with E-state index in [0.717, 1.165) is 17.9 Å². The first kappa shape index (κ1) is 16.3. The van der Waals surface area contributed by atoms with Crippen molar-refractivity contribution >= 4 is 0 Å². The molecule has 0 aromatic carbocycles. The minimum absolute atomic E-state index is 0.828. The predicted octanol–water partition coefficient (Wildman–Crippen LogP) is 2.43. The molecule has 3 nitrogen and oxygen atoms in total. The Morgan fingerprint density at radius 3 is 2.60 bits per heavy atom. The van der Waals surface area contributed by atoms with Crippen molar-refractivity contribution in [2.45, 2.75) is 52.0 Å². The van der Waals surface area contributed by atoms with Crippen LogP contribution in [-0.2, 0) is 0 Å². The van der Waals surface area contributed by atoms with E-state index in [1.807, 2.05) is 0 Å². The van der Waals surface area contributed by atoms with Gasteiger partial charge in [-0.1, -0.05) is 13.8 Å². The second kappa shape index (κ2) is 8.35. The SMILES string of the molecule is CCN1CCC(N(C)CCC(C)C2CCCNC2)CC1. The zero-order valence-electron chi connectivity index (χ0n) is 13.9. The van der Waals surface area contributed by atoms with Crippen molar-refractivity contribution in [2.75, 3.05) is 46.3 Å². The smallest absolute Gasteiger partial charge is 0.0117 e. The minimum Gasteiger partial charge on any atom is -0.316 e. The summed E-state index contributed by atoms with van der Waals surface area (Å²) in [5.41, 5.74) is 0. The summed E-state index contributed by atoms with van der Waals surface area (Å²) in [6.45, 7) is 12.3. The van der Waals surface area contributed by atoms with Crippen LogP contribution in [0.3, 0.4) is 0 Å². The largest absolute Gasteiger partial charge is 0.316 e. The van der Waals surface area contributed by atoms with E-state index in [-0.39, 0.29) is 0 Å². The molecule has 0 spiro atoms. The van der Waals surface area contributed by atoms with Gasteiger partial charge in [-0.2, -0.15) is 0 Å². The molecule has 2 atom stereocenters. The Hall–Kier alpha value is -0.120. The Balaban J connectivity index is 1.65. The van der Waals surface area contributed by atoms with E-state index in [4.69, 9.17) is 0 Å². The predicted molar refractivity (Wildman–Crippen MR) is 87.1 cm³/mol. The maximum Gasteiger partial charge on any atom is 0.0117 e. The van der Waals surface area contributed by atoms with E-state index in [1.165, 1.54) is 71.4 Å². The number of likely N-dealkylation sites (tertiary alicyclic amines) is 1. The topological polar surface area (TPSA) is 18.5 Å². The fourth-order valence-electron chi connectivity index (χ4n) is 3.87. The van der Waals surface area contributed by atoms with Gasteiger partial charge >= 0.3 is 0 Å². The maximum atomic E-state index is 3.56. The molecule has 118 valence electrons. The third-order valence-electron chi connectivity index (χ3n) is 5.70. The standard InChI is InChI=1S/C17H35N3/c1-4-20-12-8-17(9-13-20)19(3)11-7-15(2)16-6-5-10-18-14-16/h15-18H,4-14H2,1-3H3. The Bertz CT molecular complexity index is 255. The third kappa shape index (κ3) is 4.71. The molecular weight excluding hydrogens is 246 g/mol. The molecule has 3 heteroatoms. The summed E-state index contributed by atoms with van der Waals surface area (Å²) in [7, 11) is 2.35. The molecule has 0 amide bonds. The van der Waals surface area contributed by atoms with Crippen molar-refractivity contribution in [1.82, 2.24) is 15.1 Å². The molecule has 1 N–H and O–H groups in total. The van der Waals surface area contributed by atoms with Crippen LogP contribution in [0.15, 0.2) is 0 Å². The molecule has 20 heavy (non-hydrogen) atoms. The van der Waals surface area contributed by atoms with Gasteiger partial charge in [0.15, 0.2) is 0 Å². The Morgan fingerprint density at radius 1 is 1.25 bits per heavy atom. The highest BCUT2D eigenvalue weighted by atomic mass is 15.2. The van der Waals surface area contributed by atoms with Gasteiger partial charge in [0.05, 0.1) is 0 Å². The second-order valence-corrected chi connectivity index (χ2v) is 7.02. The molecule has 2 saturated heterocycles. The maximum absolute atomic E-state index is 3.56. The van der Waals surface area contributed by atoms with Crippen molar-refractivity contribution < 1.29 is 0 Å². The molecule has 2 rings (SSSR count). The average molecular weight is 281 g/mol. The van der Waals surface area contributed by atoms with Crippen LogP contribution in [0.2, 0.25) is 0 Å². The molecule has 0 bridgehead atoms. The summed E-state index contributed by atoms with van der Waals surface area (Å²) in [6.07, 6.45) is 6.91. The molecule has 0 aromatic heterocycles. The Morgan fingerprint density at radius 2 is 2.00 bits per heavy atom. The summed E-state index contributed by atoms with van der Waals surface area (Å²) in [6, 6.07) is 0.828. The lowest BCUT2D eigenvalue weighted by molar-refractivity contribution is 0.122. The molecule has 2 unspecified atom stereocenters. The number of hydrogen-bond donors (Lipinski definition) is 1.